The second-order valence-corrected chi connectivity index (χ2v) is 2.22. The molecule has 0 heterocycles. The first-order valence-electron chi connectivity index (χ1n) is 2.54. The molecule has 54 valence electrons. The normalized spacial score (nSPS) is 16.3. The van der Waals surface area contributed by atoms with Crippen LogP contribution in [0.3, 0.4) is 0 Å². The summed E-state index contributed by atoms with van der Waals surface area (Å²) in [5.74, 6) is 0. The number of thiocarbonyl (C=S) groups is 1. The van der Waals surface area contributed by atoms with Crippen molar-refractivity contribution in [3.63, 3.8) is 0 Å². The molecule has 0 spiro atoms. The Hall–Kier alpha value is -0.390. The summed E-state index contributed by atoms with van der Waals surface area (Å²) in [7, 11) is 0. The molecule has 4 nitrogen and oxygen atoms in total. The summed E-state index contributed by atoms with van der Waals surface area (Å²) >= 11 is 4.30. The van der Waals surface area contributed by atoms with E-state index in [0.717, 1.165) is 0 Å². The van der Waals surface area contributed by atoms with Crippen molar-refractivity contribution in [2.75, 3.05) is 0 Å². The van der Waals surface area contributed by atoms with Crippen LogP contribution in [-0.2, 0) is 0 Å². The number of aliphatic hydroxyl groups is 1. The quantitative estimate of drug-likeness (QED) is 0.300. The van der Waals surface area contributed by atoms with Crippen molar-refractivity contribution in [3.8, 4) is 0 Å². The van der Waals surface area contributed by atoms with Crippen molar-refractivity contribution in [1.29, 1.82) is 0 Å². The fourth-order valence-electron chi connectivity index (χ4n) is 0.274. The number of nitrogens with one attached hydrogen (secondary N) is 1. The van der Waals surface area contributed by atoms with E-state index in [0.29, 0.717) is 0 Å². The van der Waals surface area contributed by atoms with E-state index in [9.17, 15) is 0 Å². The Morgan fingerprint density at radius 3 is 2.22 bits per heavy atom. The molecule has 0 bridgehead atoms. The molecule has 0 aliphatic carbocycles. The molecule has 0 rings (SSSR count). The second kappa shape index (κ2) is 3.60. The zero-order chi connectivity index (χ0) is 7.44. The molecule has 0 saturated carbocycles. The van der Waals surface area contributed by atoms with Gasteiger partial charge in [-0.3, -0.25) is 0 Å². The molecule has 0 aliphatic heterocycles. The maximum atomic E-state index is 8.46. The third kappa shape index (κ3) is 4.14. The average molecular weight is 149 g/mol. The molecule has 0 saturated heterocycles. The molecule has 9 heavy (non-hydrogen) atoms. The Morgan fingerprint density at radius 2 is 2.11 bits per heavy atom. The highest BCUT2D eigenvalue weighted by Crippen LogP contribution is 1.78. The van der Waals surface area contributed by atoms with Gasteiger partial charge in [0.15, 0.2) is 0 Å². The van der Waals surface area contributed by atoms with E-state index in [-0.39, 0.29) is 11.2 Å². The minimum absolute atomic E-state index is 0.227. The van der Waals surface area contributed by atoms with Gasteiger partial charge < -0.3 is 21.9 Å². The highest BCUT2D eigenvalue weighted by Gasteiger charge is 2.06. The maximum absolute atomic E-state index is 8.46. The number of hydrogen-bond acceptors (Lipinski definition) is 3. The Balaban J connectivity index is 3.50. The van der Waals surface area contributed by atoms with Crippen molar-refractivity contribution in [2.24, 2.45) is 11.5 Å². The number of nitrogens with two attached hydrogens (primary N) is 2. The summed E-state index contributed by atoms with van der Waals surface area (Å²) in [6.45, 7) is 1.72. The highest BCUT2D eigenvalue weighted by molar-refractivity contribution is 7.79. The number of rotatable bonds is 2. The summed E-state index contributed by atoms with van der Waals surface area (Å²) < 4.78 is 0. The van der Waals surface area contributed by atoms with Gasteiger partial charge in [-0.15, -0.1) is 0 Å². The van der Waals surface area contributed by atoms with Gasteiger partial charge >= 0.3 is 0 Å². The lowest BCUT2D eigenvalue weighted by Gasteiger charge is -2.15. The largest absolute Gasteiger partial charge is 0.487 e. The Bertz CT molecular complexity index is 106. The molecule has 0 radical (unpaired) electrons. The van der Waals surface area contributed by atoms with E-state index in [1.54, 1.807) is 6.92 Å². The zero-order valence-corrected chi connectivity index (χ0v) is 5.98. The fourth-order valence-corrected chi connectivity index (χ4v) is 0.410. The van der Waals surface area contributed by atoms with Crippen molar-refractivity contribution >= 4 is 17.4 Å². The summed E-state index contributed by atoms with van der Waals surface area (Å²) in [6.07, 6.45) is -0.470. The summed E-state index contributed by atoms with van der Waals surface area (Å²) in [4.78, 5) is 0. The summed E-state index contributed by atoms with van der Waals surface area (Å²) in [5.41, 5.74) is 10.7. The van der Waals surface area contributed by atoms with Crippen LogP contribution in [0.15, 0.2) is 0 Å². The number of aliphatic hydroxyl groups excluding tert-OH is 1. The molecule has 0 amide bonds. The standard InChI is InChI=1S/C4H11N3OS/c1-2(5)3(6)7-4(8)9/h2-3H,5-6H2,1H3,(H2,7,8,9). The predicted molar refractivity (Wildman–Crippen MR) is 40.0 cm³/mol. The Labute approximate surface area is 59.2 Å². The third-order valence-corrected chi connectivity index (χ3v) is 0.974. The zero-order valence-electron chi connectivity index (χ0n) is 5.16. The van der Waals surface area contributed by atoms with Crippen LogP contribution in [0.5, 0.6) is 0 Å². The minimum Gasteiger partial charge on any atom is -0.487 e. The van der Waals surface area contributed by atoms with Crippen LogP contribution in [0.4, 0.5) is 0 Å². The van der Waals surface area contributed by atoms with Crippen LogP contribution in [0.25, 0.3) is 0 Å². The van der Waals surface area contributed by atoms with Gasteiger partial charge in [-0.2, -0.15) is 0 Å². The van der Waals surface area contributed by atoms with Gasteiger partial charge in [-0.25, -0.2) is 0 Å². The van der Waals surface area contributed by atoms with Gasteiger partial charge in [-0.05, 0) is 19.1 Å². The molecule has 0 aromatic carbocycles. The van der Waals surface area contributed by atoms with Crippen LogP contribution in [0.2, 0.25) is 0 Å². The summed E-state index contributed by atoms with van der Waals surface area (Å²) in [6, 6.07) is -0.227. The minimum atomic E-state index is -0.470. The van der Waals surface area contributed by atoms with E-state index in [2.05, 4.69) is 17.5 Å². The average Bonchev–Trinajstić information content (AvgIpc) is 1.63. The van der Waals surface area contributed by atoms with Crippen LogP contribution in [-0.4, -0.2) is 22.5 Å². The van der Waals surface area contributed by atoms with Gasteiger partial charge in [0.2, 0.25) is 0 Å². The van der Waals surface area contributed by atoms with Crippen molar-refractivity contribution < 1.29 is 5.11 Å². The second-order valence-electron chi connectivity index (χ2n) is 1.83. The summed E-state index contributed by atoms with van der Waals surface area (Å²) in [5, 5.41) is 10.5. The first kappa shape index (κ1) is 8.61. The number of hydrogen-bond donors (Lipinski definition) is 4. The molecule has 0 aliphatic rings. The smallest absolute Gasteiger partial charge is 0.255 e. The molecule has 0 aromatic heterocycles. The lowest BCUT2D eigenvalue weighted by molar-refractivity contribution is 0.464. The van der Waals surface area contributed by atoms with Crippen LogP contribution < -0.4 is 16.8 Å². The topological polar surface area (TPSA) is 84.3 Å². The molecular formula is C4H11N3OS. The molecule has 0 fully saturated rings. The molecule has 2 unspecified atom stereocenters. The van der Waals surface area contributed by atoms with E-state index < -0.39 is 6.17 Å². The molecule has 2 atom stereocenters. The SMILES string of the molecule is CC(N)C(N)NC(O)=S. The van der Waals surface area contributed by atoms with Crippen molar-refractivity contribution in [1.82, 2.24) is 5.32 Å². The van der Waals surface area contributed by atoms with E-state index in [1.807, 2.05) is 0 Å². The molecule has 5 heteroatoms. The highest BCUT2D eigenvalue weighted by atomic mass is 32.1. The third-order valence-electron chi connectivity index (χ3n) is 0.857. The van der Waals surface area contributed by atoms with E-state index in [1.165, 1.54) is 0 Å². The van der Waals surface area contributed by atoms with E-state index >= 15 is 0 Å². The lowest BCUT2D eigenvalue weighted by atomic mass is 10.3. The van der Waals surface area contributed by atoms with Crippen LogP contribution in [0, 0.1) is 0 Å². The maximum Gasteiger partial charge on any atom is 0.255 e. The van der Waals surface area contributed by atoms with Gasteiger partial charge in [0.05, 0.1) is 6.17 Å². The molecule has 6 N–H and O–H groups in total. The monoisotopic (exact) mass is 149 g/mol. The Morgan fingerprint density at radius 1 is 1.67 bits per heavy atom. The van der Waals surface area contributed by atoms with Gasteiger partial charge in [0, 0.05) is 6.04 Å². The first-order valence-corrected chi connectivity index (χ1v) is 2.95. The Kier molecular flexibility index (Phi) is 3.44. The van der Waals surface area contributed by atoms with Crippen molar-refractivity contribution in [3.05, 3.63) is 0 Å². The van der Waals surface area contributed by atoms with Crippen molar-refractivity contribution in [2.45, 2.75) is 19.1 Å². The van der Waals surface area contributed by atoms with E-state index in [4.69, 9.17) is 16.6 Å². The predicted octanol–water partition coefficient (Wildman–Crippen LogP) is -0.949. The van der Waals surface area contributed by atoms with Gasteiger partial charge in [0.1, 0.15) is 0 Å². The van der Waals surface area contributed by atoms with Gasteiger partial charge in [0.25, 0.3) is 5.17 Å². The fraction of sp³-hybridized carbons (Fsp3) is 0.750. The molecule has 0 aromatic rings. The molecular weight excluding hydrogens is 138 g/mol. The van der Waals surface area contributed by atoms with Gasteiger partial charge in [-0.1, -0.05) is 0 Å². The van der Waals surface area contributed by atoms with Crippen LogP contribution in [0.1, 0.15) is 6.92 Å². The first-order chi connectivity index (χ1) is 4.04. The lowest BCUT2D eigenvalue weighted by Crippen LogP contribution is -2.51. The van der Waals surface area contributed by atoms with Crippen LogP contribution >= 0.6 is 12.2 Å².